The van der Waals surface area contributed by atoms with Crippen LogP contribution in [0, 0.1) is 0 Å². The highest BCUT2D eigenvalue weighted by molar-refractivity contribution is 9.10. The van der Waals surface area contributed by atoms with E-state index in [4.69, 9.17) is 4.74 Å². The fraction of sp³-hybridized carbons (Fsp3) is 0.714. The first kappa shape index (κ1) is 11.4. The summed E-state index contributed by atoms with van der Waals surface area (Å²) in [6.07, 6.45) is 0. The van der Waals surface area contributed by atoms with Crippen molar-refractivity contribution < 1.29 is 19.1 Å². The number of halogens is 1. The third-order valence-corrected chi connectivity index (χ3v) is 1.31. The molecule has 0 aliphatic heterocycles. The molecule has 4 nitrogen and oxygen atoms in total. The molecule has 70 valence electrons. The molecular weight excluding hydrogens is 228 g/mol. The molecule has 0 fully saturated rings. The number of carbonyl (C=O) groups excluding carboxylic acids is 2. The van der Waals surface area contributed by atoms with Crippen molar-refractivity contribution in [3.63, 3.8) is 0 Å². The monoisotopic (exact) mass is 238 g/mol. The van der Waals surface area contributed by atoms with Crippen molar-refractivity contribution in [2.75, 3.05) is 13.2 Å². The van der Waals surface area contributed by atoms with Crippen LogP contribution in [-0.2, 0) is 19.1 Å². The highest BCUT2D eigenvalue weighted by Gasteiger charge is 2.25. The lowest BCUT2D eigenvalue weighted by molar-refractivity contribution is -0.148. The number of carbonyl (C=O) groups is 2. The topological polar surface area (TPSA) is 52.6 Å². The summed E-state index contributed by atoms with van der Waals surface area (Å²) < 4.78 is 8.38. The third-order valence-electron chi connectivity index (χ3n) is 0.988. The SMILES string of the molecule is CC(C)(Br)C(=O)OCCOC=O. The Morgan fingerprint density at radius 3 is 2.50 bits per heavy atom. The summed E-state index contributed by atoms with van der Waals surface area (Å²) in [5, 5.41) is 0. The lowest BCUT2D eigenvalue weighted by Crippen LogP contribution is -2.27. The summed E-state index contributed by atoms with van der Waals surface area (Å²) in [6, 6.07) is 0. The van der Waals surface area contributed by atoms with Gasteiger partial charge in [-0.2, -0.15) is 0 Å². The number of hydrogen-bond donors (Lipinski definition) is 0. The predicted octanol–water partition coefficient (Wildman–Crippen LogP) is 0.876. The van der Waals surface area contributed by atoms with E-state index < -0.39 is 4.32 Å². The molecule has 0 saturated heterocycles. The molecule has 0 bridgehead atoms. The van der Waals surface area contributed by atoms with E-state index in [1.54, 1.807) is 13.8 Å². The van der Waals surface area contributed by atoms with Gasteiger partial charge in [0.1, 0.15) is 17.5 Å². The highest BCUT2D eigenvalue weighted by atomic mass is 79.9. The number of hydrogen-bond acceptors (Lipinski definition) is 4. The summed E-state index contributed by atoms with van der Waals surface area (Å²) in [4.78, 5) is 20.7. The lowest BCUT2D eigenvalue weighted by Gasteiger charge is -2.13. The van der Waals surface area contributed by atoms with Gasteiger partial charge in [-0.25, -0.2) is 0 Å². The average Bonchev–Trinajstić information content (AvgIpc) is 1.96. The highest BCUT2D eigenvalue weighted by Crippen LogP contribution is 2.17. The van der Waals surface area contributed by atoms with Gasteiger partial charge in [0.05, 0.1) is 0 Å². The Labute approximate surface area is 79.3 Å². The molecule has 0 N–H and O–H groups in total. The van der Waals surface area contributed by atoms with Crippen molar-refractivity contribution in [1.29, 1.82) is 0 Å². The molecule has 0 unspecified atom stereocenters. The number of ether oxygens (including phenoxy) is 2. The molecule has 0 amide bonds. The molecule has 0 aromatic carbocycles. The van der Waals surface area contributed by atoms with Crippen molar-refractivity contribution in [2.45, 2.75) is 18.2 Å². The molecular formula is C7H11BrO4. The maximum atomic E-state index is 11.0. The summed E-state index contributed by atoms with van der Waals surface area (Å²) in [6.45, 7) is 3.85. The maximum absolute atomic E-state index is 11.0. The van der Waals surface area contributed by atoms with Gasteiger partial charge in [-0.15, -0.1) is 0 Å². The second kappa shape index (κ2) is 5.13. The maximum Gasteiger partial charge on any atom is 0.322 e. The largest absolute Gasteiger partial charge is 0.464 e. The van der Waals surface area contributed by atoms with Crippen LogP contribution in [0.1, 0.15) is 13.8 Å². The second-order valence-corrected chi connectivity index (χ2v) is 4.56. The van der Waals surface area contributed by atoms with Gasteiger partial charge in [0.25, 0.3) is 6.47 Å². The van der Waals surface area contributed by atoms with E-state index in [-0.39, 0.29) is 19.2 Å². The molecule has 5 heteroatoms. The Hall–Kier alpha value is -0.580. The van der Waals surface area contributed by atoms with Gasteiger partial charge in [0.15, 0.2) is 0 Å². The van der Waals surface area contributed by atoms with Crippen molar-refractivity contribution >= 4 is 28.4 Å². The summed E-state index contributed by atoms with van der Waals surface area (Å²) >= 11 is 3.13. The Morgan fingerprint density at radius 2 is 2.08 bits per heavy atom. The number of rotatable bonds is 5. The molecule has 0 atom stereocenters. The van der Waals surface area contributed by atoms with Gasteiger partial charge in [0.2, 0.25) is 0 Å². The molecule has 12 heavy (non-hydrogen) atoms. The van der Waals surface area contributed by atoms with Crippen molar-refractivity contribution in [3.8, 4) is 0 Å². The van der Waals surface area contributed by atoms with Gasteiger partial charge in [-0.3, -0.25) is 9.59 Å². The van der Waals surface area contributed by atoms with Crippen LogP contribution >= 0.6 is 15.9 Å². The third kappa shape index (κ3) is 5.12. The van der Waals surface area contributed by atoms with E-state index in [0.717, 1.165) is 0 Å². The Bertz CT molecular complexity index is 161. The quantitative estimate of drug-likeness (QED) is 0.309. The van der Waals surface area contributed by atoms with Crippen LogP contribution in [0.15, 0.2) is 0 Å². The molecule has 0 heterocycles. The standard InChI is InChI=1S/C7H11BrO4/c1-7(2,8)6(10)12-4-3-11-5-9/h5H,3-4H2,1-2H3. The Balaban J connectivity index is 3.51. The van der Waals surface area contributed by atoms with E-state index in [1.165, 1.54) is 0 Å². The summed E-state index contributed by atoms with van der Waals surface area (Å²) in [7, 11) is 0. The van der Waals surface area contributed by atoms with E-state index in [0.29, 0.717) is 6.47 Å². The van der Waals surface area contributed by atoms with Crippen LogP contribution in [0.4, 0.5) is 0 Å². The molecule has 0 aromatic heterocycles. The average molecular weight is 239 g/mol. The zero-order chi connectivity index (χ0) is 9.61. The van der Waals surface area contributed by atoms with Crippen LogP contribution in [0.3, 0.4) is 0 Å². The minimum atomic E-state index is -0.686. The minimum absolute atomic E-state index is 0.0899. The van der Waals surface area contributed by atoms with Gasteiger partial charge in [0, 0.05) is 0 Å². The lowest BCUT2D eigenvalue weighted by atomic mass is 10.2. The van der Waals surface area contributed by atoms with Crippen molar-refractivity contribution in [1.82, 2.24) is 0 Å². The molecule has 0 aliphatic carbocycles. The Morgan fingerprint density at radius 1 is 1.50 bits per heavy atom. The predicted molar refractivity (Wildman–Crippen MR) is 46.0 cm³/mol. The molecule has 0 saturated carbocycles. The summed E-state index contributed by atoms with van der Waals surface area (Å²) in [5.74, 6) is -0.378. The van der Waals surface area contributed by atoms with Gasteiger partial charge < -0.3 is 9.47 Å². The zero-order valence-corrected chi connectivity index (χ0v) is 8.59. The van der Waals surface area contributed by atoms with E-state index in [1.807, 2.05) is 0 Å². The molecule has 0 spiro atoms. The minimum Gasteiger partial charge on any atom is -0.464 e. The zero-order valence-electron chi connectivity index (χ0n) is 7.00. The van der Waals surface area contributed by atoms with Crippen LogP contribution in [0.2, 0.25) is 0 Å². The number of esters is 1. The van der Waals surface area contributed by atoms with E-state index in [2.05, 4.69) is 20.7 Å². The number of alkyl halides is 1. The molecule has 0 aromatic rings. The fourth-order valence-electron chi connectivity index (χ4n) is 0.402. The van der Waals surface area contributed by atoms with Gasteiger partial charge in [-0.1, -0.05) is 15.9 Å². The molecule has 0 aliphatic rings. The summed E-state index contributed by atoms with van der Waals surface area (Å²) in [5.41, 5.74) is 0. The van der Waals surface area contributed by atoms with Crippen LogP contribution in [0.5, 0.6) is 0 Å². The normalized spacial score (nSPS) is 10.6. The van der Waals surface area contributed by atoms with E-state index >= 15 is 0 Å². The van der Waals surface area contributed by atoms with E-state index in [9.17, 15) is 9.59 Å². The molecule has 0 rings (SSSR count). The van der Waals surface area contributed by atoms with Gasteiger partial charge >= 0.3 is 5.97 Å². The first-order valence-corrected chi connectivity index (χ1v) is 4.19. The van der Waals surface area contributed by atoms with Crippen LogP contribution < -0.4 is 0 Å². The van der Waals surface area contributed by atoms with Crippen molar-refractivity contribution in [2.24, 2.45) is 0 Å². The Kier molecular flexibility index (Phi) is 4.89. The van der Waals surface area contributed by atoms with Crippen LogP contribution in [-0.4, -0.2) is 30.0 Å². The molecule has 0 radical (unpaired) electrons. The fourth-order valence-corrected chi connectivity index (χ4v) is 0.517. The van der Waals surface area contributed by atoms with Gasteiger partial charge in [-0.05, 0) is 13.8 Å². The van der Waals surface area contributed by atoms with Crippen LogP contribution in [0.25, 0.3) is 0 Å². The first-order chi connectivity index (χ1) is 5.48. The second-order valence-electron chi connectivity index (χ2n) is 2.58. The van der Waals surface area contributed by atoms with Crippen molar-refractivity contribution in [3.05, 3.63) is 0 Å². The smallest absolute Gasteiger partial charge is 0.322 e. The first-order valence-electron chi connectivity index (χ1n) is 3.40.